The van der Waals surface area contributed by atoms with Crippen LogP contribution < -0.4 is 14.5 Å². The molecule has 0 N–H and O–H groups in total. The van der Waals surface area contributed by atoms with Crippen molar-refractivity contribution in [3.63, 3.8) is 0 Å². The Balaban J connectivity index is 1.10. The predicted octanol–water partition coefficient (Wildman–Crippen LogP) is 3.51. The van der Waals surface area contributed by atoms with Gasteiger partial charge in [-0.1, -0.05) is 6.07 Å². The number of pyridine rings is 3. The number of hydrogen-bond acceptors (Lipinski definition) is 9. The molecule has 41 heavy (non-hydrogen) atoms. The second-order valence-corrected chi connectivity index (χ2v) is 11.2. The van der Waals surface area contributed by atoms with Gasteiger partial charge in [0.05, 0.1) is 36.3 Å². The van der Waals surface area contributed by atoms with Gasteiger partial charge in [-0.05, 0) is 42.8 Å². The predicted molar refractivity (Wildman–Crippen MR) is 157 cm³/mol. The third-order valence-corrected chi connectivity index (χ3v) is 8.86. The summed E-state index contributed by atoms with van der Waals surface area (Å²) in [5, 5.41) is 23.6. The molecule has 4 aromatic rings. The van der Waals surface area contributed by atoms with Crippen LogP contribution in [0.5, 0.6) is 5.88 Å². The molecule has 8 rings (SSSR count). The van der Waals surface area contributed by atoms with E-state index in [2.05, 4.69) is 61.1 Å². The van der Waals surface area contributed by atoms with Crippen LogP contribution in [0.25, 0.3) is 16.6 Å². The second-order valence-electron chi connectivity index (χ2n) is 11.2. The third-order valence-electron chi connectivity index (χ3n) is 8.86. The molecule has 0 aromatic carbocycles. The van der Waals surface area contributed by atoms with Gasteiger partial charge in [-0.2, -0.15) is 10.4 Å². The Kier molecular flexibility index (Phi) is 6.45. The summed E-state index contributed by atoms with van der Waals surface area (Å²) in [7, 11) is 1.64. The minimum absolute atomic E-state index is 0.119. The van der Waals surface area contributed by atoms with Gasteiger partial charge in [0.1, 0.15) is 11.9 Å². The van der Waals surface area contributed by atoms with E-state index in [-0.39, 0.29) is 6.71 Å². The molecule has 204 valence electrons. The molecule has 4 aromatic heterocycles. The Bertz CT molecular complexity index is 1640. The van der Waals surface area contributed by atoms with E-state index in [1.54, 1.807) is 17.8 Å². The van der Waals surface area contributed by atoms with Crippen LogP contribution in [0.2, 0.25) is 12.6 Å². The standard InChI is InChI=1S/C30H30BN9O/c1-41-29-5-2-21(13-35-29)16-39-25-10-26(39)18-38(17-25)28-4-3-22(14-34-28)27-11-24(37-8-6-31(20-33)7-9-37)19-40-30(27)23(12-32)15-36-40/h2-5,11,13-15,19,25-26H,6-10,16-18H2,1H3. The first-order valence-corrected chi connectivity index (χ1v) is 14.2. The largest absolute Gasteiger partial charge is 0.481 e. The molecule has 0 radical (unpaired) electrons. The van der Waals surface area contributed by atoms with Crippen molar-refractivity contribution in [1.82, 2.24) is 24.5 Å². The molecular weight excluding hydrogens is 513 g/mol. The van der Waals surface area contributed by atoms with Gasteiger partial charge < -0.3 is 14.5 Å². The molecule has 4 aliphatic heterocycles. The number of nitrogens with zero attached hydrogens (tertiary/aromatic N) is 9. The first-order valence-electron chi connectivity index (χ1n) is 14.2. The maximum atomic E-state index is 9.77. The van der Waals surface area contributed by atoms with E-state index >= 15 is 0 Å². The summed E-state index contributed by atoms with van der Waals surface area (Å²) in [4.78, 5) is 16.5. The van der Waals surface area contributed by atoms with Crippen molar-refractivity contribution in [2.75, 3.05) is 43.1 Å². The zero-order valence-corrected chi connectivity index (χ0v) is 23.0. The highest BCUT2D eigenvalue weighted by atomic mass is 16.5. The van der Waals surface area contributed by atoms with E-state index in [0.717, 1.165) is 73.5 Å². The zero-order chi connectivity index (χ0) is 27.9. The highest BCUT2D eigenvalue weighted by molar-refractivity contribution is 6.67. The first kappa shape index (κ1) is 25.4. The number of ether oxygens (including phenoxy) is 1. The summed E-state index contributed by atoms with van der Waals surface area (Å²) in [6.45, 7) is 4.58. The number of nitriles is 2. The van der Waals surface area contributed by atoms with Crippen molar-refractivity contribution in [1.29, 1.82) is 10.5 Å². The number of rotatable bonds is 6. The van der Waals surface area contributed by atoms with E-state index < -0.39 is 0 Å². The topological polar surface area (TPSA) is 110 Å². The van der Waals surface area contributed by atoms with Gasteiger partial charge in [-0.25, -0.2) is 19.7 Å². The van der Waals surface area contributed by atoms with E-state index in [0.29, 0.717) is 23.5 Å². The van der Waals surface area contributed by atoms with E-state index in [1.165, 1.54) is 12.0 Å². The molecule has 0 amide bonds. The maximum Gasteiger partial charge on any atom is 0.271 e. The Hall–Kier alpha value is -4.61. The van der Waals surface area contributed by atoms with Crippen molar-refractivity contribution < 1.29 is 4.74 Å². The molecular formula is C30H30BN9O. The highest BCUT2D eigenvalue weighted by Crippen LogP contribution is 2.37. The highest BCUT2D eigenvalue weighted by Gasteiger charge is 2.44. The quantitative estimate of drug-likeness (QED) is 0.338. The normalized spacial score (nSPS) is 20.4. The molecule has 0 saturated carbocycles. The molecule has 4 fully saturated rings. The number of methoxy groups -OCH3 is 1. The van der Waals surface area contributed by atoms with Gasteiger partial charge in [-0.15, -0.1) is 0 Å². The summed E-state index contributed by atoms with van der Waals surface area (Å²) in [6, 6.07) is 13.7. The number of aromatic nitrogens is 4. The fourth-order valence-corrected chi connectivity index (χ4v) is 6.55. The van der Waals surface area contributed by atoms with E-state index in [9.17, 15) is 10.5 Å². The molecule has 8 heterocycles. The Morgan fingerprint density at radius 2 is 1.83 bits per heavy atom. The summed E-state index contributed by atoms with van der Waals surface area (Å²) >= 11 is 0. The van der Waals surface area contributed by atoms with Gasteiger partial charge in [0.15, 0.2) is 0 Å². The smallest absolute Gasteiger partial charge is 0.271 e. The van der Waals surface area contributed by atoms with Crippen molar-refractivity contribution in [2.24, 2.45) is 0 Å². The van der Waals surface area contributed by atoms with Crippen LogP contribution in [0, 0.1) is 22.6 Å². The third kappa shape index (κ3) is 4.62. The maximum absolute atomic E-state index is 9.77. The van der Waals surface area contributed by atoms with Crippen LogP contribution in [0.4, 0.5) is 11.5 Å². The first-order chi connectivity index (χ1) is 20.1. The van der Waals surface area contributed by atoms with Crippen LogP contribution in [-0.4, -0.2) is 76.6 Å². The average molecular weight is 543 g/mol. The SMILES string of the molecule is COc1ccc(CN2C3CC2CN(c2ccc(-c4cc(N5CCB(C#N)CC5)cn5ncc(C#N)c45)cn2)C3)cn1. The summed E-state index contributed by atoms with van der Waals surface area (Å²) in [5.41, 5.74) is 5.49. The zero-order valence-electron chi connectivity index (χ0n) is 23.0. The molecule has 4 saturated heterocycles. The van der Waals surface area contributed by atoms with Crippen LogP contribution >= 0.6 is 0 Å². The molecule has 10 nitrogen and oxygen atoms in total. The molecule has 2 bridgehead atoms. The average Bonchev–Trinajstić information content (AvgIpc) is 3.47. The Labute approximate surface area is 239 Å². The Morgan fingerprint density at radius 1 is 1.00 bits per heavy atom. The lowest BCUT2D eigenvalue weighted by Gasteiger charge is -2.56. The van der Waals surface area contributed by atoms with Gasteiger partial charge in [0.25, 0.3) is 6.71 Å². The lowest BCUT2D eigenvalue weighted by molar-refractivity contribution is -0.00876. The summed E-state index contributed by atoms with van der Waals surface area (Å²) in [5.74, 6) is 4.03. The van der Waals surface area contributed by atoms with Gasteiger partial charge in [-0.3, -0.25) is 4.90 Å². The van der Waals surface area contributed by atoms with Crippen LogP contribution in [-0.2, 0) is 6.54 Å². The lowest BCUT2D eigenvalue weighted by Crippen LogP contribution is -2.68. The molecule has 2 unspecified atom stereocenters. The molecule has 11 heteroatoms. The number of fused-ring (bicyclic) bond motifs is 3. The molecule has 0 aliphatic carbocycles. The van der Waals surface area contributed by atoms with E-state index in [1.807, 2.05) is 24.7 Å². The van der Waals surface area contributed by atoms with Crippen LogP contribution in [0.3, 0.4) is 0 Å². The van der Waals surface area contributed by atoms with Gasteiger partial charge in [0, 0.05) is 80.4 Å². The Morgan fingerprint density at radius 3 is 2.49 bits per heavy atom. The number of hydrogen-bond donors (Lipinski definition) is 0. The van der Waals surface area contributed by atoms with Crippen molar-refractivity contribution in [2.45, 2.75) is 37.7 Å². The fourth-order valence-electron chi connectivity index (χ4n) is 6.55. The van der Waals surface area contributed by atoms with Gasteiger partial charge in [0.2, 0.25) is 5.88 Å². The molecule has 0 spiro atoms. The number of anilines is 2. The van der Waals surface area contributed by atoms with Crippen molar-refractivity contribution in [3.8, 4) is 29.0 Å². The molecule has 4 aliphatic rings. The second kappa shape index (κ2) is 10.4. The van der Waals surface area contributed by atoms with Crippen LogP contribution in [0.1, 0.15) is 17.5 Å². The number of piperazine rings is 1. The fraction of sp³-hybridized carbons (Fsp3) is 0.367. The summed E-state index contributed by atoms with van der Waals surface area (Å²) < 4.78 is 6.99. The van der Waals surface area contributed by atoms with Crippen molar-refractivity contribution in [3.05, 3.63) is 66.2 Å². The van der Waals surface area contributed by atoms with Crippen LogP contribution in [0.15, 0.2) is 55.1 Å². The number of piperidine rings is 1. The van der Waals surface area contributed by atoms with E-state index in [4.69, 9.17) is 9.72 Å². The van der Waals surface area contributed by atoms with Crippen molar-refractivity contribution >= 4 is 23.7 Å². The lowest BCUT2D eigenvalue weighted by atomic mass is 9.45. The summed E-state index contributed by atoms with van der Waals surface area (Å²) in [6.07, 6.45) is 10.4. The van der Waals surface area contributed by atoms with Gasteiger partial charge >= 0.3 is 0 Å². The minimum Gasteiger partial charge on any atom is -0.481 e. The monoisotopic (exact) mass is 543 g/mol. The molecule has 2 atom stereocenters. The minimum atomic E-state index is 0.119.